The van der Waals surface area contributed by atoms with Gasteiger partial charge in [0.15, 0.2) is 5.82 Å². The highest BCUT2D eigenvalue weighted by Crippen LogP contribution is 2.22. The van der Waals surface area contributed by atoms with E-state index in [4.69, 9.17) is 0 Å². The molecule has 0 saturated carbocycles. The number of aryl methyl sites for hydroxylation is 3. The van der Waals surface area contributed by atoms with E-state index in [0.717, 1.165) is 37.2 Å². The highest BCUT2D eigenvalue weighted by molar-refractivity contribution is 5.87. The number of allylic oxidation sites excluding steroid dienone is 1. The van der Waals surface area contributed by atoms with Crippen molar-refractivity contribution >= 4 is 11.6 Å². The molecule has 22 heavy (non-hydrogen) atoms. The van der Waals surface area contributed by atoms with Crippen molar-refractivity contribution in [3.63, 3.8) is 0 Å². The monoisotopic (exact) mass is 292 g/mol. The van der Waals surface area contributed by atoms with Gasteiger partial charge in [0.1, 0.15) is 11.9 Å². The highest BCUT2D eigenvalue weighted by atomic mass is 15.3. The first-order valence-corrected chi connectivity index (χ1v) is 7.80. The molecular formula is C18H20N4. The zero-order valence-electron chi connectivity index (χ0n) is 13.1. The Labute approximate surface area is 131 Å². The summed E-state index contributed by atoms with van der Waals surface area (Å²) >= 11 is 0. The van der Waals surface area contributed by atoms with Gasteiger partial charge in [0.25, 0.3) is 0 Å². The van der Waals surface area contributed by atoms with Crippen molar-refractivity contribution in [2.24, 2.45) is 0 Å². The van der Waals surface area contributed by atoms with E-state index in [1.807, 2.05) is 6.08 Å². The van der Waals surface area contributed by atoms with Crippen molar-refractivity contribution in [2.75, 3.05) is 0 Å². The predicted octanol–water partition coefficient (Wildman–Crippen LogP) is 3.69. The van der Waals surface area contributed by atoms with Gasteiger partial charge < -0.3 is 4.57 Å². The van der Waals surface area contributed by atoms with Gasteiger partial charge in [-0.05, 0) is 43.9 Å². The maximum atomic E-state index is 9.58. The summed E-state index contributed by atoms with van der Waals surface area (Å²) in [7, 11) is 0. The first-order chi connectivity index (χ1) is 10.7. The predicted molar refractivity (Wildman–Crippen MR) is 87.0 cm³/mol. The van der Waals surface area contributed by atoms with E-state index in [2.05, 4.69) is 52.9 Å². The second kappa shape index (κ2) is 6.15. The summed E-state index contributed by atoms with van der Waals surface area (Å²) in [4.78, 5) is 0. The zero-order chi connectivity index (χ0) is 15.5. The fourth-order valence-corrected chi connectivity index (χ4v) is 2.97. The van der Waals surface area contributed by atoms with E-state index >= 15 is 0 Å². The van der Waals surface area contributed by atoms with Crippen LogP contribution in [0, 0.1) is 25.2 Å². The van der Waals surface area contributed by atoms with Crippen molar-refractivity contribution in [1.82, 2.24) is 14.8 Å². The molecule has 1 aromatic carbocycles. The number of nitrogens with zero attached hydrogens (tertiary/aromatic N) is 4. The molecule has 0 aliphatic carbocycles. The molecule has 0 spiro atoms. The smallest absolute Gasteiger partial charge is 0.174 e. The molecule has 0 N–H and O–H groups in total. The van der Waals surface area contributed by atoms with Crippen molar-refractivity contribution in [3.8, 4) is 6.07 Å². The van der Waals surface area contributed by atoms with Crippen LogP contribution in [0.15, 0.2) is 18.2 Å². The van der Waals surface area contributed by atoms with Crippen LogP contribution < -0.4 is 0 Å². The molecule has 0 saturated heterocycles. The lowest BCUT2D eigenvalue weighted by Gasteiger charge is -2.07. The molecular weight excluding hydrogens is 272 g/mol. The van der Waals surface area contributed by atoms with Gasteiger partial charge in [0.2, 0.25) is 0 Å². The average Bonchev–Trinajstić information content (AvgIpc) is 2.75. The summed E-state index contributed by atoms with van der Waals surface area (Å²) in [5.74, 6) is 1.72. The summed E-state index contributed by atoms with van der Waals surface area (Å²) in [6, 6.07) is 8.56. The second-order valence-electron chi connectivity index (χ2n) is 5.93. The Hall–Kier alpha value is -2.41. The fourth-order valence-electron chi connectivity index (χ4n) is 2.97. The molecule has 0 atom stereocenters. The number of benzene rings is 1. The SMILES string of the molecule is Cc1ccc(/C=C(\C#N)c2nnc3n2CCCCC3)c(C)c1. The Morgan fingerprint density at radius 1 is 1.23 bits per heavy atom. The zero-order valence-corrected chi connectivity index (χ0v) is 13.1. The number of rotatable bonds is 2. The molecule has 2 heterocycles. The normalized spacial score (nSPS) is 15.0. The van der Waals surface area contributed by atoms with Crippen molar-refractivity contribution < 1.29 is 0 Å². The Bertz CT molecular complexity index is 762. The van der Waals surface area contributed by atoms with Crippen LogP contribution in [-0.2, 0) is 13.0 Å². The third-order valence-electron chi connectivity index (χ3n) is 4.20. The summed E-state index contributed by atoms with van der Waals surface area (Å²) < 4.78 is 2.12. The number of fused-ring (bicyclic) bond motifs is 1. The molecule has 1 aromatic heterocycles. The Morgan fingerprint density at radius 2 is 2.09 bits per heavy atom. The average molecular weight is 292 g/mol. The van der Waals surface area contributed by atoms with Crippen molar-refractivity contribution in [1.29, 1.82) is 5.26 Å². The number of hydrogen-bond acceptors (Lipinski definition) is 3. The third kappa shape index (κ3) is 2.80. The van der Waals surface area contributed by atoms with Gasteiger partial charge in [0, 0.05) is 13.0 Å². The summed E-state index contributed by atoms with van der Waals surface area (Å²) in [5.41, 5.74) is 4.05. The highest BCUT2D eigenvalue weighted by Gasteiger charge is 2.17. The summed E-state index contributed by atoms with van der Waals surface area (Å²) in [6.07, 6.45) is 6.37. The standard InChI is InChI=1S/C18H20N4/c1-13-7-8-15(14(2)10-13)11-16(12-19)18-21-20-17-6-4-3-5-9-22(17)18/h7-8,10-11H,3-6,9H2,1-2H3/b16-11+. The molecule has 4 heteroatoms. The quantitative estimate of drug-likeness (QED) is 0.793. The van der Waals surface area contributed by atoms with Gasteiger partial charge in [0.05, 0.1) is 5.57 Å². The van der Waals surface area contributed by atoms with E-state index in [1.54, 1.807) is 0 Å². The van der Waals surface area contributed by atoms with Crippen LogP contribution in [0.1, 0.15) is 47.6 Å². The number of hydrogen-bond donors (Lipinski definition) is 0. The van der Waals surface area contributed by atoms with Crippen LogP contribution in [0.2, 0.25) is 0 Å². The molecule has 1 aliphatic heterocycles. The summed E-state index contributed by atoms with van der Waals surface area (Å²) in [5, 5.41) is 18.1. The summed E-state index contributed by atoms with van der Waals surface area (Å²) in [6.45, 7) is 5.05. The van der Waals surface area contributed by atoms with Crippen LogP contribution >= 0.6 is 0 Å². The molecule has 0 bridgehead atoms. The molecule has 0 radical (unpaired) electrons. The lowest BCUT2D eigenvalue weighted by atomic mass is 10.0. The van der Waals surface area contributed by atoms with E-state index in [9.17, 15) is 5.26 Å². The fraction of sp³-hybridized carbons (Fsp3) is 0.389. The van der Waals surface area contributed by atoms with Gasteiger partial charge in [-0.15, -0.1) is 10.2 Å². The first-order valence-electron chi connectivity index (χ1n) is 7.80. The minimum Gasteiger partial charge on any atom is -0.310 e. The second-order valence-corrected chi connectivity index (χ2v) is 5.93. The van der Waals surface area contributed by atoms with E-state index in [-0.39, 0.29) is 0 Å². The minimum atomic E-state index is 0.590. The van der Waals surface area contributed by atoms with Gasteiger partial charge >= 0.3 is 0 Å². The first kappa shape index (κ1) is 14.5. The lowest BCUT2D eigenvalue weighted by molar-refractivity contribution is 0.627. The van der Waals surface area contributed by atoms with Crippen molar-refractivity contribution in [3.05, 3.63) is 46.5 Å². The van der Waals surface area contributed by atoms with Crippen LogP contribution in [0.3, 0.4) is 0 Å². The number of aromatic nitrogens is 3. The minimum absolute atomic E-state index is 0.590. The molecule has 2 aromatic rings. The van der Waals surface area contributed by atoms with Crippen LogP contribution in [-0.4, -0.2) is 14.8 Å². The van der Waals surface area contributed by atoms with Crippen molar-refractivity contribution in [2.45, 2.75) is 46.1 Å². The lowest BCUT2D eigenvalue weighted by Crippen LogP contribution is -2.05. The van der Waals surface area contributed by atoms with Crippen LogP contribution in [0.4, 0.5) is 0 Å². The third-order valence-corrected chi connectivity index (χ3v) is 4.20. The van der Waals surface area contributed by atoms with E-state index in [1.165, 1.54) is 17.5 Å². The molecule has 4 nitrogen and oxygen atoms in total. The van der Waals surface area contributed by atoms with Crippen LogP contribution in [0.25, 0.3) is 11.6 Å². The Balaban J connectivity index is 2.03. The van der Waals surface area contributed by atoms with Gasteiger partial charge in [-0.2, -0.15) is 5.26 Å². The molecule has 3 rings (SSSR count). The van der Waals surface area contributed by atoms with E-state index < -0.39 is 0 Å². The molecule has 0 unspecified atom stereocenters. The van der Waals surface area contributed by atoms with Crippen LogP contribution in [0.5, 0.6) is 0 Å². The molecule has 1 aliphatic rings. The Kier molecular flexibility index (Phi) is 4.06. The van der Waals surface area contributed by atoms with E-state index in [0.29, 0.717) is 11.4 Å². The molecule has 0 amide bonds. The largest absolute Gasteiger partial charge is 0.310 e. The maximum Gasteiger partial charge on any atom is 0.174 e. The van der Waals surface area contributed by atoms with Gasteiger partial charge in [-0.3, -0.25) is 0 Å². The molecule has 112 valence electrons. The van der Waals surface area contributed by atoms with Gasteiger partial charge in [-0.25, -0.2) is 0 Å². The topological polar surface area (TPSA) is 54.5 Å². The number of nitriles is 1. The Morgan fingerprint density at radius 3 is 2.86 bits per heavy atom. The maximum absolute atomic E-state index is 9.58. The molecule has 0 fully saturated rings. The van der Waals surface area contributed by atoms with Gasteiger partial charge in [-0.1, -0.05) is 30.2 Å².